The lowest BCUT2D eigenvalue weighted by Crippen LogP contribution is -2.37. The van der Waals surface area contributed by atoms with Gasteiger partial charge in [0.05, 0.1) is 11.9 Å². The van der Waals surface area contributed by atoms with E-state index in [0.29, 0.717) is 12.1 Å². The van der Waals surface area contributed by atoms with E-state index in [2.05, 4.69) is 9.97 Å². The van der Waals surface area contributed by atoms with Crippen molar-refractivity contribution in [2.45, 2.75) is 13.3 Å². The highest BCUT2D eigenvalue weighted by Gasteiger charge is 2.17. The maximum Gasteiger partial charge on any atom is 0.340 e. The molecule has 4 rings (SSSR count). The molecule has 0 aliphatic carbocycles. The van der Waals surface area contributed by atoms with Crippen LogP contribution in [0.25, 0.3) is 11.2 Å². The Balaban J connectivity index is 1.60. The fourth-order valence-corrected chi connectivity index (χ4v) is 3.14. The first-order valence-corrected chi connectivity index (χ1v) is 8.79. The van der Waals surface area contributed by atoms with Crippen LogP contribution < -0.4 is 11.2 Å². The number of rotatable bonds is 5. The van der Waals surface area contributed by atoms with Crippen LogP contribution in [-0.2, 0) is 32.1 Å². The summed E-state index contributed by atoms with van der Waals surface area (Å²) in [5.74, 6) is -0.524. The first-order valence-electron chi connectivity index (χ1n) is 8.79. The normalized spacial score (nSPS) is 11.1. The highest BCUT2D eigenvalue weighted by Crippen LogP contribution is 2.13. The van der Waals surface area contributed by atoms with Gasteiger partial charge in [0.25, 0.3) is 5.56 Å². The van der Waals surface area contributed by atoms with Gasteiger partial charge in [-0.25, -0.2) is 19.6 Å². The monoisotopic (exact) mass is 394 g/mol. The molecular weight excluding hydrogens is 376 g/mol. The molecule has 0 spiro atoms. The van der Waals surface area contributed by atoms with Crippen molar-refractivity contribution in [1.82, 2.24) is 28.2 Å². The first kappa shape index (κ1) is 18.4. The second-order valence-corrected chi connectivity index (χ2v) is 6.55. The van der Waals surface area contributed by atoms with E-state index in [-0.39, 0.29) is 17.9 Å². The van der Waals surface area contributed by atoms with Crippen molar-refractivity contribution in [2.75, 3.05) is 0 Å². The summed E-state index contributed by atoms with van der Waals surface area (Å²) in [6.07, 6.45) is 6.51. The van der Waals surface area contributed by atoms with Crippen LogP contribution in [0.5, 0.6) is 0 Å². The molecule has 0 radical (unpaired) electrons. The molecule has 0 bridgehead atoms. The number of aromatic nitrogens is 6. The second-order valence-electron chi connectivity index (χ2n) is 6.55. The van der Waals surface area contributed by atoms with E-state index in [1.807, 2.05) is 16.7 Å². The Kier molecular flexibility index (Phi) is 4.59. The molecule has 0 aliphatic heterocycles. The maximum atomic E-state index is 12.7. The van der Waals surface area contributed by atoms with Gasteiger partial charge in [0.15, 0.2) is 17.9 Å². The van der Waals surface area contributed by atoms with Crippen molar-refractivity contribution in [3.8, 4) is 0 Å². The minimum absolute atomic E-state index is 0.189. The lowest BCUT2D eigenvalue weighted by molar-refractivity contribution is 0.0377. The lowest BCUT2D eigenvalue weighted by Gasteiger charge is -2.11. The van der Waals surface area contributed by atoms with Gasteiger partial charge in [0.2, 0.25) is 0 Å². The molecule has 148 valence electrons. The first-order chi connectivity index (χ1) is 14.0. The summed E-state index contributed by atoms with van der Waals surface area (Å²) < 4.78 is 10.9. The van der Waals surface area contributed by atoms with Crippen LogP contribution in [0.2, 0.25) is 0 Å². The Morgan fingerprint density at radius 1 is 1.10 bits per heavy atom. The highest BCUT2D eigenvalue weighted by atomic mass is 16.5. The number of nitrogens with zero attached hydrogens (tertiary/aromatic N) is 6. The smallest absolute Gasteiger partial charge is 0.340 e. The van der Waals surface area contributed by atoms with Gasteiger partial charge in [-0.05, 0) is 11.6 Å². The molecule has 0 N–H and O–H groups in total. The van der Waals surface area contributed by atoms with Crippen LogP contribution in [-0.4, -0.2) is 34.2 Å². The van der Waals surface area contributed by atoms with Gasteiger partial charge in [-0.1, -0.05) is 18.2 Å². The van der Waals surface area contributed by atoms with Crippen molar-refractivity contribution >= 4 is 17.1 Å². The van der Waals surface area contributed by atoms with Gasteiger partial charge in [-0.2, -0.15) is 0 Å². The highest BCUT2D eigenvalue weighted by molar-refractivity contribution is 5.91. The molecule has 0 unspecified atom stereocenters. The molecule has 1 aromatic carbocycles. The topological polar surface area (TPSA) is 106 Å². The van der Waals surface area contributed by atoms with Gasteiger partial charge in [0, 0.05) is 33.0 Å². The van der Waals surface area contributed by atoms with E-state index in [9.17, 15) is 14.4 Å². The van der Waals surface area contributed by atoms with E-state index >= 15 is 0 Å². The second kappa shape index (κ2) is 7.23. The molecule has 29 heavy (non-hydrogen) atoms. The minimum atomic E-state index is -0.524. The largest absolute Gasteiger partial charge is 0.440 e. The zero-order chi connectivity index (χ0) is 20.5. The van der Waals surface area contributed by atoms with Gasteiger partial charge in [0.1, 0.15) is 6.33 Å². The number of aryl methyl sites for hydroxylation is 1. The predicted octanol–water partition coefficient (Wildman–Crippen LogP) is 0.493. The molecule has 0 atom stereocenters. The molecule has 0 amide bonds. The maximum absolute atomic E-state index is 12.7. The van der Waals surface area contributed by atoms with Gasteiger partial charge < -0.3 is 9.30 Å². The molecule has 4 aromatic rings. The van der Waals surface area contributed by atoms with Gasteiger partial charge in [-0.15, -0.1) is 0 Å². The number of imidazole rings is 2. The Morgan fingerprint density at radius 3 is 2.66 bits per heavy atom. The number of carbonyl (C=O) groups excluding carboxylic acids is 1. The van der Waals surface area contributed by atoms with Crippen molar-refractivity contribution in [3.63, 3.8) is 0 Å². The van der Waals surface area contributed by atoms with E-state index in [1.165, 1.54) is 29.6 Å². The lowest BCUT2D eigenvalue weighted by atomic mass is 10.1. The van der Waals surface area contributed by atoms with Crippen LogP contribution >= 0.6 is 0 Å². The van der Waals surface area contributed by atoms with Crippen molar-refractivity contribution < 1.29 is 9.53 Å². The van der Waals surface area contributed by atoms with E-state index < -0.39 is 17.2 Å². The van der Waals surface area contributed by atoms with Crippen LogP contribution in [0.15, 0.2) is 58.9 Å². The zero-order valence-electron chi connectivity index (χ0n) is 15.8. The van der Waals surface area contributed by atoms with Gasteiger partial charge in [-0.3, -0.25) is 18.5 Å². The van der Waals surface area contributed by atoms with E-state index in [1.54, 1.807) is 30.9 Å². The Labute approximate surface area is 164 Å². The third kappa shape index (κ3) is 3.24. The summed E-state index contributed by atoms with van der Waals surface area (Å²) in [4.78, 5) is 45.3. The summed E-state index contributed by atoms with van der Waals surface area (Å²) in [5, 5.41) is 0. The predicted molar refractivity (Wildman–Crippen MR) is 103 cm³/mol. The molecule has 0 fully saturated rings. The number of hydrogen-bond acceptors (Lipinski definition) is 6. The standard InChI is InChI=1S/C19H18N6O4/c1-22-16-15(17(26)23(2)19(22)28)25(11-21-16)12-29-18(27)14-6-4-3-5-13(14)9-24-8-7-20-10-24/h3-8,10-11H,9,12H2,1-2H3. The summed E-state index contributed by atoms with van der Waals surface area (Å²) in [6, 6.07) is 7.13. The Hall–Kier alpha value is -3.95. The molecule has 0 saturated heterocycles. The number of benzene rings is 1. The molecule has 3 aromatic heterocycles. The fraction of sp³-hybridized carbons (Fsp3) is 0.211. The number of ether oxygens (including phenoxy) is 1. The van der Waals surface area contributed by atoms with Crippen LogP contribution in [0.4, 0.5) is 0 Å². The molecular formula is C19H18N6O4. The van der Waals surface area contributed by atoms with E-state index in [0.717, 1.165) is 10.1 Å². The molecule has 0 saturated carbocycles. The number of hydrogen-bond donors (Lipinski definition) is 0. The SMILES string of the molecule is Cn1c(=O)c2c(ncn2COC(=O)c2ccccc2Cn2ccnc2)n(C)c1=O. The third-order valence-corrected chi connectivity index (χ3v) is 4.70. The average Bonchev–Trinajstić information content (AvgIpc) is 3.39. The Bertz CT molecular complexity index is 1310. The minimum Gasteiger partial charge on any atom is -0.440 e. The number of esters is 1. The quantitative estimate of drug-likeness (QED) is 0.456. The molecule has 10 heteroatoms. The van der Waals surface area contributed by atoms with E-state index in [4.69, 9.17) is 4.74 Å². The molecule has 0 aliphatic rings. The number of fused-ring (bicyclic) bond motifs is 1. The van der Waals surface area contributed by atoms with Crippen LogP contribution in [0, 0.1) is 0 Å². The van der Waals surface area contributed by atoms with Crippen molar-refractivity contribution in [1.29, 1.82) is 0 Å². The van der Waals surface area contributed by atoms with Crippen molar-refractivity contribution in [2.24, 2.45) is 14.1 Å². The average molecular weight is 394 g/mol. The van der Waals surface area contributed by atoms with Crippen LogP contribution in [0.1, 0.15) is 15.9 Å². The molecule has 10 nitrogen and oxygen atoms in total. The summed E-state index contributed by atoms with van der Waals surface area (Å²) in [5.41, 5.74) is 0.648. The summed E-state index contributed by atoms with van der Waals surface area (Å²) in [7, 11) is 2.92. The Morgan fingerprint density at radius 2 is 1.90 bits per heavy atom. The third-order valence-electron chi connectivity index (χ3n) is 4.70. The summed E-state index contributed by atoms with van der Waals surface area (Å²) in [6.45, 7) is 0.268. The summed E-state index contributed by atoms with van der Waals surface area (Å²) >= 11 is 0. The molecule has 3 heterocycles. The zero-order valence-corrected chi connectivity index (χ0v) is 15.8. The fourth-order valence-electron chi connectivity index (χ4n) is 3.14. The number of carbonyl (C=O) groups is 1. The van der Waals surface area contributed by atoms with Crippen LogP contribution in [0.3, 0.4) is 0 Å². The van der Waals surface area contributed by atoms with Crippen molar-refractivity contribution in [3.05, 3.63) is 81.3 Å². The van der Waals surface area contributed by atoms with Gasteiger partial charge >= 0.3 is 11.7 Å².